The minimum Gasteiger partial charge on any atom is -0.494 e. The maximum absolute atomic E-state index is 12.6. The fourth-order valence-corrected chi connectivity index (χ4v) is 3.26. The van der Waals surface area contributed by atoms with Gasteiger partial charge in [0.2, 0.25) is 5.91 Å². The topological polar surface area (TPSA) is 70.7 Å². The second-order valence-corrected chi connectivity index (χ2v) is 6.80. The monoisotopic (exact) mass is 381 g/mol. The summed E-state index contributed by atoms with van der Waals surface area (Å²) >= 11 is 0. The van der Waals surface area contributed by atoms with Crippen LogP contribution in [0, 0.1) is 0 Å². The van der Waals surface area contributed by atoms with E-state index in [1.807, 2.05) is 48.2 Å². The highest BCUT2D eigenvalue weighted by Gasteiger charge is 2.18. The van der Waals surface area contributed by atoms with Crippen LogP contribution in [0.25, 0.3) is 0 Å². The summed E-state index contributed by atoms with van der Waals surface area (Å²) in [4.78, 5) is 26.8. The SMILES string of the molecule is CCOc1cccc(NC(=O)CNc2cccc(C(=O)N3CCCCC3)c2)c1. The number of amides is 2. The Labute approximate surface area is 165 Å². The van der Waals surface area contributed by atoms with Gasteiger partial charge in [-0.1, -0.05) is 12.1 Å². The molecule has 2 aromatic carbocycles. The van der Waals surface area contributed by atoms with E-state index in [0.29, 0.717) is 17.9 Å². The van der Waals surface area contributed by atoms with Gasteiger partial charge in [-0.15, -0.1) is 0 Å². The van der Waals surface area contributed by atoms with Gasteiger partial charge in [0.05, 0.1) is 13.2 Å². The van der Waals surface area contributed by atoms with Crippen LogP contribution in [-0.4, -0.2) is 43.0 Å². The molecule has 0 radical (unpaired) electrons. The van der Waals surface area contributed by atoms with Gasteiger partial charge in [-0.2, -0.15) is 0 Å². The summed E-state index contributed by atoms with van der Waals surface area (Å²) in [5.41, 5.74) is 2.09. The fourth-order valence-electron chi connectivity index (χ4n) is 3.26. The van der Waals surface area contributed by atoms with Crippen LogP contribution in [0.1, 0.15) is 36.5 Å². The lowest BCUT2D eigenvalue weighted by Crippen LogP contribution is -2.35. The summed E-state index contributed by atoms with van der Waals surface area (Å²) in [6.07, 6.45) is 3.32. The molecule has 1 aliphatic rings. The van der Waals surface area contributed by atoms with Gasteiger partial charge in [-0.25, -0.2) is 0 Å². The summed E-state index contributed by atoms with van der Waals surface area (Å²) in [5.74, 6) is 0.610. The molecule has 0 saturated carbocycles. The average molecular weight is 381 g/mol. The van der Waals surface area contributed by atoms with Crippen LogP contribution >= 0.6 is 0 Å². The van der Waals surface area contributed by atoms with Gasteiger partial charge < -0.3 is 20.3 Å². The van der Waals surface area contributed by atoms with E-state index in [0.717, 1.165) is 37.4 Å². The van der Waals surface area contributed by atoms with E-state index in [2.05, 4.69) is 10.6 Å². The normalized spacial score (nSPS) is 13.7. The molecule has 0 spiro atoms. The second kappa shape index (κ2) is 9.78. The quantitative estimate of drug-likeness (QED) is 0.766. The molecule has 0 aliphatic carbocycles. The van der Waals surface area contributed by atoms with Crippen LogP contribution < -0.4 is 15.4 Å². The van der Waals surface area contributed by atoms with Crippen molar-refractivity contribution in [2.45, 2.75) is 26.2 Å². The molecule has 0 bridgehead atoms. The molecular formula is C22H27N3O3. The molecule has 3 rings (SSSR count). The summed E-state index contributed by atoms with van der Waals surface area (Å²) in [7, 11) is 0. The van der Waals surface area contributed by atoms with E-state index >= 15 is 0 Å². The van der Waals surface area contributed by atoms with Crippen molar-refractivity contribution in [3.63, 3.8) is 0 Å². The Morgan fingerprint density at radius 2 is 1.75 bits per heavy atom. The highest BCUT2D eigenvalue weighted by molar-refractivity contribution is 5.96. The minimum atomic E-state index is -0.165. The van der Waals surface area contributed by atoms with E-state index in [1.165, 1.54) is 6.42 Å². The second-order valence-electron chi connectivity index (χ2n) is 6.80. The van der Waals surface area contributed by atoms with Crippen LogP contribution in [0.5, 0.6) is 5.75 Å². The van der Waals surface area contributed by atoms with Crippen molar-refractivity contribution in [3.05, 3.63) is 54.1 Å². The summed E-state index contributed by atoms with van der Waals surface area (Å²) in [6, 6.07) is 14.6. The lowest BCUT2D eigenvalue weighted by Gasteiger charge is -2.26. The summed E-state index contributed by atoms with van der Waals surface area (Å²) in [6.45, 7) is 4.24. The Kier molecular flexibility index (Phi) is 6.89. The van der Waals surface area contributed by atoms with Crippen LogP contribution in [0.3, 0.4) is 0 Å². The van der Waals surface area contributed by atoms with Gasteiger partial charge in [-0.3, -0.25) is 9.59 Å². The molecule has 2 amide bonds. The van der Waals surface area contributed by atoms with Crippen molar-refractivity contribution < 1.29 is 14.3 Å². The molecule has 6 nitrogen and oxygen atoms in total. The molecule has 1 saturated heterocycles. The number of likely N-dealkylation sites (tertiary alicyclic amines) is 1. The zero-order chi connectivity index (χ0) is 19.8. The third-order valence-electron chi connectivity index (χ3n) is 4.63. The van der Waals surface area contributed by atoms with Crippen molar-refractivity contribution in [1.29, 1.82) is 0 Å². The molecule has 0 unspecified atom stereocenters. The first kappa shape index (κ1) is 19.7. The number of hydrogen-bond donors (Lipinski definition) is 2. The van der Waals surface area contributed by atoms with E-state index in [9.17, 15) is 9.59 Å². The number of carbonyl (C=O) groups is 2. The molecule has 2 aromatic rings. The molecule has 1 aliphatic heterocycles. The minimum absolute atomic E-state index is 0.0561. The molecule has 148 valence electrons. The first-order chi connectivity index (χ1) is 13.7. The van der Waals surface area contributed by atoms with Crippen molar-refractivity contribution in [1.82, 2.24) is 4.90 Å². The van der Waals surface area contributed by atoms with Gasteiger partial charge in [-0.05, 0) is 56.5 Å². The lowest BCUT2D eigenvalue weighted by molar-refractivity contribution is -0.114. The Morgan fingerprint density at radius 3 is 2.54 bits per heavy atom. The summed E-state index contributed by atoms with van der Waals surface area (Å²) < 4.78 is 5.44. The number of nitrogens with one attached hydrogen (secondary N) is 2. The molecule has 1 fully saturated rings. The Bertz CT molecular complexity index is 816. The van der Waals surface area contributed by atoms with Gasteiger partial charge in [0.15, 0.2) is 0 Å². The Hall–Kier alpha value is -3.02. The predicted molar refractivity (Wildman–Crippen MR) is 111 cm³/mol. The summed E-state index contributed by atoms with van der Waals surface area (Å²) in [5, 5.41) is 5.93. The number of ether oxygens (including phenoxy) is 1. The van der Waals surface area contributed by atoms with Crippen LogP contribution in [0.4, 0.5) is 11.4 Å². The van der Waals surface area contributed by atoms with Crippen molar-refractivity contribution in [2.24, 2.45) is 0 Å². The Morgan fingerprint density at radius 1 is 1.00 bits per heavy atom. The number of anilines is 2. The zero-order valence-electron chi connectivity index (χ0n) is 16.2. The smallest absolute Gasteiger partial charge is 0.253 e. The number of carbonyl (C=O) groups excluding carboxylic acids is 2. The van der Waals surface area contributed by atoms with Gasteiger partial charge in [0.25, 0.3) is 5.91 Å². The standard InChI is InChI=1S/C22H27N3O3/c1-2-28-20-11-7-10-19(15-20)24-21(26)16-23-18-9-6-8-17(14-18)22(27)25-12-4-3-5-13-25/h6-11,14-15,23H,2-5,12-13,16H2,1H3,(H,24,26). The molecule has 0 atom stereocenters. The number of piperidine rings is 1. The Balaban J connectivity index is 1.54. The number of nitrogens with zero attached hydrogens (tertiary/aromatic N) is 1. The fraction of sp³-hybridized carbons (Fsp3) is 0.364. The molecule has 2 N–H and O–H groups in total. The van der Waals surface area contributed by atoms with E-state index in [4.69, 9.17) is 4.74 Å². The first-order valence-corrected chi connectivity index (χ1v) is 9.81. The molecule has 6 heteroatoms. The number of benzene rings is 2. The maximum Gasteiger partial charge on any atom is 0.253 e. The number of hydrogen-bond acceptors (Lipinski definition) is 4. The average Bonchev–Trinajstić information content (AvgIpc) is 2.73. The lowest BCUT2D eigenvalue weighted by atomic mass is 10.1. The largest absolute Gasteiger partial charge is 0.494 e. The molecule has 28 heavy (non-hydrogen) atoms. The highest BCUT2D eigenvalue weighted by Crippen LogP contribution is 2.18. The van der Waals surface area contributed by atoms with Gasteiger partial charge in [0, 0.05) is 36.1 Å². The van der Waals surface area contributed by atoms with Crippen molar-refractivity contribution in [3.8, 4) is 5.75 Å². The van der Waals surface area contributed by atoms with Gasteiger partial charge >= 0.3 is 0 Å². The van der Waals surface area contributed by atoms with E-state index < -0.39 is 0 Å². The third kappa shape index (κ3) is 5.49. The highest BCUT2D eigenvalue weighted by atomic mass is 16.5. The van der Waals surface area contributed by atoms with E-state index in [1.54, 1.807) is 12.1 Å². The number of rotatable bonds is 7. The third-order valence-corrected chi connectivity index (χ3v) is 4.63. The van der Waals surface area contributed by atoms with E-state index in [-0.39, 0.29) is 18.4 Å². The van der Waals surface area contributed by atoms with Crippen LogP contribution in [-0.2, 0) is 4.79 Å². The molecule has 0 aromatic heterocycles. The maximum atomic E-state index is 12.6. The predicted octanol–water partition coefficient (Wildman–Crippen LogP) is 3.76. The van der Waals surface area contributed by atoms with Gasteiger partial charge in [0.1, 0.15) is 5.75 Å². The van der Waals surface area contributed by atoms with Crippen molar-refractivity contribution >= 4 is 23.2 Å². The molecule has 1 heterocycles. The first-order valence-electron chi connectivity index (χ1n) is 9.81. The van der Waals surface area contributed by atoms with Crippen molar-refractivity contribution in [2.75, 3.05) is 36.9 Å². The van der Waals surface area contributed by atoms with Crippen LogP contribution in [0.2, 0.25) is 0 Å². The zero-order valence-corrected chi connectivity index (χ0v) is 16.2. The van der Waals surface area contributed by atoms with Crippen LogP contribution in [0.15, 0.2) is 48.5 Å². The molecular weight excluding hydrogens is 354 g/mol.